The quantitative estimate of drug-likeness (QED) is 0.755. The molecule has 2 heterocycles. The highest BCUT2D eigenvalue weighted by Gasteiger charge is 2.42. The molecule has 4 rings (SSSR count). The molecule has 5 heteroatoms. The van der Waals surface area contributed by atoms with Gasteiger partial charge in [-0.1, -0.05) is 30.2 Å². The van der Waals surface area contributed by atoms with Crippen LogP contribution in [0.25, 0.3) is 0 Å². The van der Waals surface area contributed by atoms with Crippen LogP contribution in [-0.4, -0.2) is 36.1 Å². The standard InChI is InChI=1S/C20H26ClN3S/c1-24-13-2-4-17(24)9-12-22-19-23-18(14-25-19)20(10-3-11-20)15-5-7-16(21)8-6-15/h5-8,14,17H,2-4,9-13H2,1H3,(H,22,23). The first kappa shape index (κ1) is 17.3. The van der Waals surface area contributed by atoms with Gasteiger partial charge in [-0.3, -0.25) is 0 Å². The summed E-state index contributed by atoms with van der Waals surface area (Å²) in [7, 11) is 2.24. The summed E-state index contributed by atoms with van der Waals surface area (Å²) >= 11 is 7.81. The molecule has 0 amide bonds. The van der Waals surface area contributed by atoms with Gasteiger partial charge in [-0.05, 0) is 63.4 Å². The molecule has 1 aliphatic carbocycles. The molecule has 1 saturated carbocycles. The van der Waals surface area contributed by atoms with Gasteiger partial charge in [0, 0.05) is 28.4 Å². The number of nitrogens with one attached hydrogen (secondary N) is 1. The Morgan fingerprint density at radius 2 is 2.08 bits per heavy atom. The van der Waals surface area contributed by atoms with Crippen LogP contribution in [0.1, 0.15) is 49.8 Å². The van der Waals surface area contributed by atoms with E-state index in [1.54, 1.807) is 11.3 Å². The van der Waals surface area contributed by atoms with Gasteiger partial charge in [-0.25, -0.2) is 4.98 Å². The minimum absolute atomic E-state index is 0.104. The van der Waals surface area contributed by atoms with Gasteiger partial charge in [0.25, 0.3) is 0 Å². The summed E-state index contributed by atoms with van der Waals surface area (Å²) < 4.78 is 0. The summed E-state index contributed by atoms with van der Waals surface area (Å²) in [6.07, 6.45) is 7.52. The highest BCUT2D eigenvalue weighted by molar-refractivity contribution is 7.13. The predicted molar refractivity (Wildman–Crippen MR) is 107 cm³/mol. The summed E-state index contributed by atoms with van der Waals surface area (Å²) in [6, 6.07) is 9.08. The molecule has 25 heavy (non-hydrogen) atoms. The van der Waals surface area contributed by atoms with Crippen molar-refractivity contribution >= 4 is 28.1 Å². The van der Waals surface area contributed by atoms with E-state index in [1.165, 1.54) is 56.3 Å². The van der Waals surface area contributed by atoms with Gasteiger partial charge in [-0.2, -0.15) is 0 Å². The van der Waals surface area contributed by atoms with Gasteiger partial charge in [0.15, 0.2) is 5.13 Å². The summed E-state index contributed by atoms with van der Waals surface area (Å²) in [5, 5.41) is 7.67. The Balaban J connectivity index is 1.42. The number of nitrogens with zero attached hydrogens (tertiary/aromatic N) is 2. The van der Waals surface area contributed by atoms with Crippen LogP contribution in [0.2, 0.25) is 5.02 Å². The third-order valence-electron chi connectivity index (χ3n) is 6.02. The third kappa shape index (κ3) is 3.44. The molecule has 1 aromatic heterocycles. The number of hydrogen-bond donors (Lipinski definition) is 1. The van der Waals surface area contributed by atoms with E-state index in [4.69, 9.17) is 16.6 Å². The largest absolute Gasteiger partial charge is 0.361 e. The number of rotatable bonds is 6. The molecule has 1 unspecified atom stereocenters. The highest BCUT2D eigenvalue weighted by Crippen LogP contribution is 2.49. The van der Waals surface area contributed by atoms with E-state index in [2.05, 4.69) is 34.8 Å². The SMILES string of the molecule is CN1CCCC1CCNc1nc(C2(c3ccc(Cl)cc3)CCC2)cs1. The molecule has 2 aliphatic rings. The summed E-state index contributed by atoms with van der Waals surface area (Å²) in [5.74, 6) is 0. The van der Waals surface area contributed by atoms with Crippen molar-refractivity contribution in [2.75, 3.05) is 25.5 Å². The maximum Gasteiger partial charge on any atom is 0.182 e. The van der Waals surface area contributed by atoms with Gasteiger partial charge in [0.1, 0.15) is 0 Å². The second kappa shape index (κ2) is 7.26. The van der Waals surface area contributed by atoms with E-state index in [1.807, 2.05) is 12.1 Å². The van der Waals surface area contributed by atoms with E-state index in [9.17, 15) is 0 Å². The van der Waals surface area contributed by atoms with Crippen LogP contribution in [0.4, 0.5) is 5.13 Å². The van der Waals surface area contributed by atoms with Gasteiger partial charge in [0.05, 0.1) is 5.69 Å². The molecule has 1 atom stereocenters. The van der Waals surface area contributed by atoms with Gasteiger partial charge < -0.3 is 10.2 Å². The van der Waals surface area contributed by atoms with E-state index in [0.717, 1.165) is 22.7 Å². The average molecular weight is 376 g/mol. The van der Waals surface area contributed by atoms with Crippen LogP contribution in [0.15, 0.2) is 29.6 Å². The Kier molecular flexibility index (Phi) is 5.03. The molecule has 1 aromatic carbocycles. The molecule has 3 nitrogen and oxygen atoms in total. The molecule has 1 saturated heterocycles. The predicted octanol–water partition coefficient (Wildman–Crippen LogP) is 5.16. The number of likely N-dealkylation sites (tertiary alicyclic amines) is 1. The molecule has 0 radical (unpaired) electrons. The van der Waals surface area contributed by atoms with Crippen LogP contribution in [-0.2, 0) is 5.41 Å². The highest BCUT2D eigenvalue weighted by atomic mass is 35.5. The minimum Gasteiger partial charge on any atom is -0.361 e. The zero-order valence-corrected chi connectivity index (χ0v) is 16.4. The van der Waals surface area contributed by atoms with Crippen molar-refractivity contribution in [3.05, 3.63) is 45.9 Å². The summed E-state index contributed by atoms with van der Waals surface area (Å²) in [6.45, 7) is 2.26. The second-order valence-electron chi connectivity index (χ2n) is 7.47. The molecule has 0 bridgehead atoms. The van der Waals surface area contributed by atoms with Crippen molar-refractivity contribution in [3.8, 4) is 0 Å². The Morgan fingerprint density at radius 3 is 2.72 bits per heavy atom. The zero-order chi connectivity index (χ0) is 17.3. The van der Waals surface area contributed by atoms with Crippen LogP contribution >= 0.6 is 22.9 Å². The summed E-state index contributed by atoms with van der Waals surface area (Å²) in [5.41, 5.74) is 2.69. The normalized spacial score (nSPS) is 22.7. The first-order chi connectivity index (χ1) is 12.2. The number of aromatic nitrogens is 1. The lowest BCUT2D eigenvalue weighted by Crippen LogP contribution is -2.35. The molecular weight excluding hydrogens is 350 g/mol. The Bertz CT molecular complexity index is 708. The zero-order valence-electron chi connectivity index (χ0n) is 14.8. The maximum absolute atomic E-state index is 6.07. The fraction of sp³-hybridized carbons (Fsp3) is 0.550. The lowest BCUT2D eigenvalue weighted by molar-refractivity contribution is 0.295. The minimum atomic E-state index is 0.104. The molecule has 134 valence electrons. The van der Waals surface area contributed by atoms with Gasteiger partial charge in [-0.15, -0.1) is 11.3 Å². The number of anilines is 1. The fourth-order valence-corrected chi connectivity index (χ4v) is 5.22. The van der Waals surface area contributed by atoms with Crippen molar-refractivity contribution in [1.29, 1.82) is 0 Å². The van der Waals surface area contributed by atoms with Crippen LogP contribution < -0.4 is 5.32 Å². The van der Waals surface area contributed by atoms with E-state index >= 15 is 0 Å². The lowest BCUT2D eigenvalue weighted by atomic mass is 9.63. The second-order valence-corrected chi connectivity index (χ2v) is 8.77. The maximum atomic E-state index is 6.07. The topological polar surface area (TPSA) is 28.2 Å². The Hall–Kier alpha value is -1.10. The van der Waals surface area contributed by atoms with E-state index < -0.39 is 0 Å². The number of halogens is 1. The van der Waals surface area contributed by atoms with Gasteiger partial charge in [0.2, 0.25) is 0 Å². The first-order valence-corrected chi connectivity index (χ1v) is 10.6. The molecule has 1 aliphatic heterocycles. The number of thiazole rings is 1. The smallest absolute Gasteiger partial charge is 0.182 e. The number of benzene rings is 1. The third-order valence-corrected chi connectivity index (χ3v) is 7.08. The van der Waals surface area contributed by atoms with E-state index in [0.29, 0.717) is 0 Å². The summed E-state index contributed by atoms with van der Waals surface area (Å²) in [4.78, 5) is 7.43. The lowest BCUT2D eigenvalue weighted by Gasteiger charge is -2.41. The fourth-order valence-electron chi connectivity index (χ4n) is 4.26. The van der Waals surface area contributed by atoms with Crippen molar-refractivity contribution < 1.29 is 0 Å². The van der Waals surface area contributed by atoms with Crippen LogP contribution in [0.3, 0.4) is 0 Å². The van der Waals surface area contributed by atoms with Crippen LogP contribution in [0, 0.1) is 0 Å². The molecule has 0 spiro atoms. The Morgan fingerprint density at radius 1 is 1.28 bits per heavy atom. The number of hydrogen-bond acceptors (Lipinski definition) is 4. The average Bonchev–Trinajstić information content (AvgIpc) is 3.19. The van der Waals surface area contributed by atoms with E-state index in [-0.39, 0.29) is 5.41 Å². The molecule has 2 fully saturated rings. The van der Waals surface area contributed by atoms with Crippen LogP contribution in [0.5, 0.6) is 0 Å². The Labute approximate surface area is 159 Å². The molecular formula is C20H26ClN3S. The van der Waals surface area contributed by atoms with Crippen molar-refractivity contribution in [2.24, 2.45) is 0 Å². The first-order valence-electron chi connectivity index (χ1n) is 9.33. The van der Waals surface area contributed by atoms with Crippen molar-refractivity contribution in [1.82, 2.24) is 9.88 Å². The molecule has 2 aromatic rings. The van der Waals surface area contributed by atoms with Gasteiger partial charge >= 0.3 is 0 Å². The molecule has 1 N–H and O–H groups in total. The van der Waals surface area contributed by atoms with Crippen molar-refractivity contribution in [2.45, 2.75) is 50.0 Å². The monoisotopic (exact) mass is 375 g/mol. The van der Waals surface area contributed by atoms with Crippen molar-refractivity contribution in [3.63, 3.8) is 0 Å².